The summed E-state index contributed by atoms with van der Waals surface area (Å²) in [7, 11) is 0. The highest BCUT2D eigenvalue weighted by atomic mass is 16.3. The Hall–Kier alpha value is -1.91. The van der Waals surface area contributed by atoms with Crippen LogP contribution in [-0.2, 0) is 4.79 Å². The van der Waals surface area contributed by atoms with Gasteiger partial charge in [0.15, 0.2) is 0 Å². The van der Waals surface area contributed by atoms with E-state index in [2.05, 4.69) is 67.8 Å². The molecule has 0 aliphatic rings. The summed E-state index contributed by atoms with van der Waals surface area (Å²) < 4.78 is 0. The lowest BCUT2D eigenvalue weighted by Crippen LogP contribution is -2.45. The van der Waals surface area contributed by atoms with Crippen molar-refractivity contribution < 1.29 is 15.0 Å². The number of hydrogen-bond donors (Lipinski definition) is 3. The van der Waals surface area contributed by atoms with Crippen molar-refractivity contribution >= 4 is 5.91 Å². The summed E-state index contributed by atoms with van der Waals surface area (Å²) in [6, 6.07) is -0.623. The van der Waals surface area contributed by atoms with Gasteiger partial charge < -0.3 is 15.5 Å². The molecule has 0 saturated heterocycles. The summed E-state index contributed by atoms with van der Waals surface area (Å²) in [5, 5.41) is 23.3. The molecule has 0 aromatic heterocycles. The molecule has 0 radical (unpaired) electrons. The molecule has 0 aromatic rings. The fourth-order valence-electron chi connectivity index (χ4n) is 12.1. The number of aliphatic hydroxyl groups excluding tert-OH is 2. The van der Waals surface area contributed by atoms with E-state index in [1.165, 1.54) is 347 Å². The molecule has 0 fully saturated rings. The summed E-state index contributed by atoms with van der Waals surface area (Å²) >= 11 is 0. The molecule has 0 aliphatic heterocycles. The molecule has 2 atom stereocenters. The van der Waals surface area contributed by atoms with E-state index in [-0.39, 0.29) is 12.5 Å². The van der Waals surface area contributed by atoms with E-state index in [0.29, 0.717) is 6.42 Å². The summed E-state index contributed by atoms with van der Waals surface area (Å²) in [5.41, 5.74) is 0. The molecule has 2 unspecified atom stereocenters. The van der Waals surface area contributed by atoms with Crippen molar-refractivity contribution in [1.29, 1.82) is 0 Å². The van der Waals surface area contributed by atoms with Crippen LogP contribution in [0.1, 0.15) is 418 Å². The number of carbonyl (C=O) groups excluding carboxylic acids is 1. The highest BCUT2D eigenvalue weighted by Gasteiger charge is 2.18. The molecular formula is C79H149NO3. The van der Waals surface area contributed by atoms with Crippen LogP contribution in [0.15, 0.2) is 60.8 Å². The highest BCUT2D eigenvalue weighted by Crippen LogP contribution is 2.20. The molecule has 83 heavy (non-hydrogen) atoms. The van der Waals surface area contributed by atoms with Gasteiger partial charge in [-0.25, -0.2) is 0 Å². The first-order valence-corrected chi connectivity index (χ1v) is 38.0. The lowest BCUT2D eigenvalue weighted by atomic mass is 10.0. The standard InChI is InChI=1S/C79H149NO3/c1-3-5-7-9-11-13-15-17-19-21-23-25-27-29-31-33-35-36-37-38-39-40-41-42-43-44-45-47-49-51-53-55-57-59-61-63-65-67-69-71-73-75-79(83)80-77(76-81)78(82)74-72-70-68-66-64-62-60-58-56-54-52-50-48-46-34-32-30-28-26-24-22-20-18-16-14-12-10-8-6-4-2/h5,7,11,13,17,19,23,25,72,74,77-78,81-82H,3-4,6,8-10,12,14-16,18,20-22,24,26-71,73,75-76H2,1-2H3,(H,80,83)/b7-5-,13-11-,19-17-,25-23-,74-72+. The predicted molar refractivity (Wildman–Crippen MR) is 373 cm³/mol. The van der Waals surface area contributed by atoms with Crippen LogP contribution < -0.4 is 5.32 Å². The molecule has 0 bridgehead atoms. The van der Waals surface area contributed by atoms with Gasteiger partial charge in [0.1, 0.15) is 0 Å². The molecule has 3 N–H and O–H groups in total. The van der Waals surface area contributed by atoms with Gasteiger partial charge in [-0.1, -0.05) is 415 Å². The van der Waals surface area contributed by atoms with Crippen LogP contribution in [0.3, 0.4) is 0 Å². The highest BCUT2D eigenvalue weighted by molar-refractivity contribution is 5.76. The number of aliphatic hydroxyl groups is 2. The molecule has 4 heteroatoms. The van der Waals surface area contributed by atoms with E-state index in [1.54, 1.807) is 6.08 Å². The van der Waals surface area contributed by atoms with Crippen LogP contribution in [0.4, 0.5) is 0 Å². The fourth-order valence-corrected chi connectivity index (χ4v) is 12.1. The van der Waals surface area contributed by atoms with Gasteiger partial charge in [-0.3, -0.25) is 4.79 Å². The molecule has 0 spiro atoms. The van der Waals surface area contributed by atoms with Gasteiger partial charge in [0.05, 0.1) is 18.8 Å². The summed E-state index contributed by atoms with van der Waals surface area (Å²) in [6.45, 7) is 4.24. The van der Waals surface area contributed by atoms with Crippen LogP contribution in [-0.4, -0.2) is 34.9 Å². The van der Waals surface area contributed by atoms with E-state index in [4.69, 9.17) is 0 Å². The number of carbonyl (C=O) groups is 1. The maximum Gasteiger partial charge on any atom is 0.220 e. The number of nitrogens with one attached hydrogen (secondary N) is 1. The van der Waals surface area contributed by atoms with Gasteiger partial charge in [0, 0.05) is 6.42 Å². The number of rotatable bonds is 71. The first-order valence-electron chi connectivity index (χ1n) is 38.0. The second-order valence-corrected chi connectivity index (χ2v) is 26.0. The lowest BCUT2D eigenvalue weighted by molar-refractivity contribution is -0.123. The average Bonchev–Trinajstić information content (AvgIpc) is 3.51. The molecule has 0 rings (SSSR count). The zero-order chi connectivity index (χ0) is 59.8. The maximum absolute atomic E-state index is 12.6. The second kappa shape index (κ2) is 74.3. The van der Waals surface area contributed by atoms with Crippen molar-refractivity contribution in [2.24, 2.45) is 0 Å². The van der Waals surface area contributed by atoms with E-state index in [1.807, 2.05) is 6.08 Å². The SMILES string of the molecule is CC/C=C\C/C=C\C/C=C\C/C=C\CCCCCCCCCCCCCCCCCCCCCCCCCCCCCCC(=O)NC(CO)C(O)/C=C/CCCCCCCCCCCCCCCCCCCCCCCCCCCCCC. The Balaban J connectivity index is 3.39. The molecule has 0 aliphatic carbocycles. The van der Waals surface area contributed by atoms with Gasteiger partial charge in [-0.2, -0.15) is 0 Å². The first kappa shape index (κ1) is 81.1. The van der Waals surface area contributed by atoms with E-state index in [0.717, 1.165) is 51.4 Å². The largest absolute Gasteiger partial charge is 0.394 e. The van der Waals surface area contributed by atoms with Crippen LogP contribution in [0.25, 0.3) is 0 Å². The molecule has 1 amide bonds. The van der Waals surface area contributed by atoms with Crippen molar-refractivity contribution in [2.75, 3.05) is 6.61 Å². The minimum atomic E-state index is -0.840. The zero-order valence-electron chi connectivity index (χ0n) is 56.5. The Morgan fingerprint density at radius 1 is 0.301 bits per heavy atom. The first-order chi connectivity index (χ1) is 41.2. The summed E-state index contributed by atoms with van der Waals surface area (Å²) in [5.74, 6) is -0.0548. The molecular weight excluding hydrogens is 1010 g/mol. The minimum absolute atomic E-state index is 0.0548. The zero-order valence-corrected chi connectivity index (χ0v) is 56.5. The third-order valence-corrected chi connectivity index (χ3v) is 17.8. The van der Waals surface area contributed by atoms with Gasteiger partial charge in [-0.05, 0) is 57.8 Å². The lowest BCUT2D eigenvalue weighted by Gasteiger charge is -2.20. The number of hydrogen-bond acceptors (Lipinski definition) is 3. The average molecular weight is 1160 g/mol. The molecule has 0 saturated carbocycles. The van der Waals surface area contributed by atoms with E-state index < -0.39 is 12.1 Å². The smallest absolute Gasteiger partial charge is 0.220 e. The Kier molecular flexibility index (Phi) is 72.6. The van der Waals surface area contributed by atoms with Crippen molar-refractivity contribution in [1.82, 2.24) is 5.32 Å². The van der Waals surface area contributed by atoms with Crippen molar-refractivity contribution in [3.63, 3.8) is 0 Å². The third kappa shape index (κ3) is 70.7. The summed E-state index contributed by atoms with van der Waals surface area (Å²) in [6.07, 6.45) is 106. The van der Waals surface area contributed by atoms with Gasteiger partial charge in [-0.15, -0.1) is 0 Å². The van der Waals surface area contributed by atoms with Crippen molar-refractivity contribution in [3.05, 3.63) is 60.8 Å². The van der Waals surface area contributed by atoms with E-state index >= 15 is 0 Å². The van der Waals surface area contributed by atoms with Crippen molar-refractivity contribution in [2.45, 2.75) is 431 Å². The van der Waals surface area contributed by atoms with Crippen LogP contribution in [0.5, 0.6) is 0 Å². The van der Waals surface area contributed by atoms with Crippen molar-refractivity contribution in [3.8, 4) is 0 Å². The molecule has 0 heterocycles. The van der Waals surface area contributed by atoms with Gasteiger partial charge >= 0.3 is 0 Å². The van der Waals surface area contributed by atoms with Crippen LogP contribution >= 0.6 is 0 Å². The Morgan fingerprint density at radius 2 is 0.530 bits per heavy atom. The fraction of sp³-hybridized carbons (Fsp3) is 0.861. The molecule has 0 aromatic carbocycles. The molecule has 488 valence electrons. The quantitative estimate of drug-likeness (QED) is 0.0420. The minimum Gasteiger partial charge on any atom is -0.394 e. The predicted octanol–water partition coefficient (Wildman–Crippen LogP) is 26.2. The number of unbranched alkanes of at least 4 members (excludes halogenated alkanes) is 56. The normalized spacial score (nSPS) is 13.0. The Bertz CT molecular complexity index is 1360. The third-order valence-electron chi connectivity index (χ3n) is 17.8. The van der Waals surface area contributed by atoms with Gasteiger partial charge in [0.25, 0.3) is 0 Å². The van der Waals surface area contributed by atoms with Gasteiger partial charge in [0.2, 0.25) is 5.91 Å². The topological polar surface area (TPSA) is 69.6 Å². The van der Waals surface area contributed by atoms with E-state index in [9.17, 15) is 15.0 Å². The Morgan fingerprint density at radius 3 is 0.795 bits per heavy atom. The molecule has 4 nitrogen and oxygen atoms in total. The maximum atomic E-state index is 12.6. The Labute approximate surface area is 521 Å². The second-order valence-electron chi connectivity index (χ2n) is 26.0. The summed E-state index contributed by atoms with van der Waals surface area (Å²) in [4.78, 5) is 12.6. The number of amides is 1. The van der Waals surface area contributed by atoms with Crippen LogP contribution in [0, 0.1) is 0 Å². The monoisotopic (exact) mass is 1160 g/mol. The number of allylic oxidation sites excluding steroid dienone is 9. The van der Waals surface area contributed by atoms with Crippen LogP contribution in [0.2, 0.25) is 0 Å².